The van der Waals surface area contributed by atoms with E-state index < -0.39 is 0 Å². The van der Waals surface area contributed by atoms with Crippen molar-refractivity contribution >= 4 is 27.5 Å². The zero-order chi connectivity index (χ0) is 9.84. The van der Waals surface area contributed by atoms with Crippen molar-refractivity contribution in [3.8, 4) is 0 Å². The summed E-state index contributed by atoms with van der Waals surface area (Å²) in [6.07, 6.45) is 2.53. The smallest absolute Gasteiger partial charge is 0.0454 e. The summed E-state index contributed by atoms with van der Waals surface area (Å²) in [7, 11) is 0. The maximum Gasteiger partial charge on any atom is 0.0454 e. The van der Waals surface area contributed by atoms with Crippen molar-refractivity contribution in [3.05, 3.63) is 45.9 Å². The van der Waals surface area contributed by atoms with Crippen LogP contribution in [0.1, 0.15) is 18.0 Å². The largest absolute Gasteiger partial charge is 0.324 e. The minimum absolute atomic E-state index is 0.0671. The van der Waals surface area contributed by atoms with E-state index in [0.717, 1.165) is 16.5 Å². The Kier molecular flexibility index (Phi) is 3.97. The number of benzene rings is 1. The van der Waals surface area contributed by atoms with E-state index in [1.807, 2.05) is 18.2 Å². The van der Waals surface area contributed by atoms with Gasteiger partial charge in [-0.05, 0) is 30.2 Å². The molecule has 1 nitrogen and oxygen atoms in total. The second-order valence-corrected chi connectivity index (χ2v) is 4.12. The average Bonchev–Trinajstić information content (AvgIpc) is 2.09. The van der Waals surface area contributed by atoms with Gasteiger partial charge in [0.2, 0.25) is 0 Å². The Balaban J connectivity index is 2.97. The third-order valence-electron chi connectivity index (χ3n) is 1.78. The molecule has 0 aliphatic rings. The van der Waals surface area contributed by atoms with Crippen LogP contribution >= 0.6 is 27.5 Å². The number of hydrogen-bond acceptors (Lipinski definition) is 1. The molecule has 0 amide bonds. The van der Waals surface area contributed by atoms with E-state index in [0.29, 0.717) is 5.02 Å². The molecule has 0 bridgehead atoms. The molecule has 0 heterocycles. The van der Waals surface area contributed by atoms with E-state index in [9.17, 15) is 0 Å². The summed E-state index contributed by atoms with van der Waals surface area (Å²) >= 11 is 9.37. The predicted molar refractivity (Wildman–Crippen MR) is 60.9 cm³/mol. The summed E-state index contributed by atoms with van der Waals surface area (Å²) in [6, 6.07) is 5.61. The molecule has 0 spiro atoms. The monoisotopic (exact) mass is 259 g/mol. The van der Waals surface area contributed by atoms with E-state index in [1.165, 1.54) is 0 Å². The van der Waals surface area contributed by atoms with Gasteiger partial charge in [-0.1, -0.05) is 33.6 Å². The molecule has 0 aliphatic heterocycles. The van der Waals surface area contributed by atoms with Gasteiger partial charge in [0.1, 0.15) is 0 Å². The third-order valence-corrected chi connectivity index (χ3v) is 2.62. The van der Waals surface area contributed by atoms with Gasteiger partial charge >= 0.3 is 0 Å². The van der Waals surface area contributed by atoms with E-state index in [2.05, 4.69) is 22.5 Å². The Morgan fingerprint density at radius 3 is 2.92 bits per heavy atom. The van der Waals surface area contributed by atoms with E-state index in [4.69, 9.17) is 17.3 Å². The SMILES string of the molecule is C=CC[C@H](N)c1cc(Br)ccc1Cl. The van der Waals surface area contributed by atoms with Crippen molar-refractivity contribution < 1.29 is 0 Å². The van der Waals surface area contributed by atoms with Crippen molar-refractivity contribution in [2.24, 2.45) is 5.73 Å². The van der Waals surface area contributed by atoms with Gasteiger partial charge in [0, 0.05) is 15.5 Å². The number of rotatable bonds is 3. The lowest BCUT2D eigenvalue weighted by molar-refractivity contribution is 0.741. The van der Waals surface area contributed by atoms with Crippen LogP contribution in [0.3, 0.4) is 0 Å². The normalized spacial score (nSPS) is 12.5. The van der Waals surface area contributed by atoms with Crippen LogP contribution in [0.25, 0.3) is 0 Å². The Labute approximate surface area is 91.7 Å². The van der Waals surface area contributed by atoms with Crippen molar-refractivity contribution in [2.75, 3.05) is 0 Å². The molecule has 0 saturated heterocycles. The third kappa shape index (κ3) is 2.83. The van der Waals surface area contributed by atoms with Crippen molar-refractivity contribution in [3.63, 3.8) is 0 Å². The predicted octanol–water partition coefficient (Wildman–Crippen LogP) is 3.68. The Morgan fingerprint density at radius 2 is 2.31 bits per heavy atom. The second kappa shape index (κ2) is 4.80. The summed E-state index contributed by atoms with van der Waals surface area (Å²) in [5.41, 5.74) is 6.85. The van der Waals surface area contributed by atoms with Gasteiger partial charge in [-0.15, -0.1) is 6.58 Å². The molecule has 0 radical (unpaired) electrons. The molecular weight excluding hydrogens is 249 g/mol. The quantitative estimate of drug-likeness (QED) is 0.825. The maximum absolute atomic E-state index is 5.99. The molecule has 13 heavy (non-hydrogen) atoms. The first-order valence-corrected chi connectivity index (χ1v) is 5.13. The lowest BCUT2D eigenvalue weighted by atomic mass is 10.1. The highest BCUT2D eigenvalue weighted by molar-refractivity contribution is 9.10. The molecule has 3 heteroatoms. The molecular formula is C10H11BrClN. The minimum atomic E-state index is -0.0671. The van der Waals surface area contributed by atoms with Crippen molar-refractivity contribution in [2.45, 2.75) is 12.5 Å². The highest BCUT2D eigenvalue weighted by Crippen LogP contribution is 2.26. The highest BCUT2D eigenvalue weighted by atomic mass is 79.9. The number of nitrogens with two attached hydrogens (primary N) is 1. The fourth-order valence-corrected chi connectivity index (χ4v) is 1.74. The van der Waals surface area contributed by atoms with Crippen LogP contribution in [0.2, 0.25) is 5.02 Å². The molecule has 1 aromatic rings. The first-order chi connectivity index (χ1) is 6.15. The van der Waals surface area contributed by atoms with E-state index in [1.54, 1.807) is 6.08 Å². The molecule has 70 valence electrons. The molecule has 1 aromatic carbocycles. The van der Waals surface area contributed by atoms with Gasteiger partial charge in [-0.3, -0.25) is 0 Å². The minimum Gasteiger partial charge on any atom is -0.324 e. The summed E-state index contributed by atoms with van der Waals surface area (Å²) < 4.78 is 0.992. The number of halogens is 2. The molecule has 0 aromatic heterocycles. The Bertz CT molecular complexity index is 312. The summed E-state index contributed by atoms with van der Waals surface area (Å²) in [5.74, 6) is 0. The van der Waals surface area contributed by atoms with Gasteiger partial charge in [0.25, 0.3) is 0 Å². The number of hydrogen-bond donors (Lipinski definition) is 1. The summed E-state index contributed by atoms with van der Waals surface area (Å²) in [6.45, 7) is 3.64. The molecule has 0 saturated carbocycles. The second-order valence-electron chi connectivity index (χ2n) is 2.80. The molecule has 1 rings (SSSR count). The summed E-state index contributed by atoms with van der Waals surface area (Å²) in [5, 5.41) is 0.706. The highest BCUT2D eigenvalue weighted by Gasteiger charge is 2.08. The van der Waals surface area contributed by atoms with Crippen LogP contribution in [0.5, 0.6) is 0 Å². The molecule has 0 unspecified atom stereocenters. The van der Waals surface area contributed by atoms with Crippen LogP contribution < -0.4 is 5.73 Å². The molecule has 2 N–H and O–H groups in total. The Morgan fingerprint density at radius 1 is 1.62 bits per heavy atom. The lowest BCUT2D eigenvalue weighted by Crippen LogP contribution is -2.09. The lowest BCUT2D eigenvalue weighted by Gasteiger charge is -2.11. The average molecular weight is 261 g/mol. The van der Waals surface area contributed by atoms with Crippen LogP contribution in [-0.2, 0) is 0 Å². The molecule has 0 aliphatic carbocycles. The van der Waals surface area contributed by atoms with Gasteiger partial charge in [-0.25, -0.2) is 0 Å². The standard InChI is InChI=1S/C10H11BrClN/c1-2-3-10(13)8-6-7(11)4-5-9(8)12/h2,4-6,10H,1,3,13H2/t10-/m0/s1. The van der Waals surface area contributed by atoms with Gasteiger partial charge in [0.15, 0.2) is 0 Å². The van der Waals surface area contributed by atoms with Crippen LogP contribution in [0.4, 0.5) is 0 Å². The first-order valence-electron chi connectivity index (χ1n) is 3.96. The summed E-state index contributed by atoms with van der Waals surface area (Å²) in [4.78, 5) is 0. The van der Waals surface area contributed by atoms with Crippen LogP contribution in [0, 0.1) is 0 Å². The zero-order valence-electron chi connectivity index (χ0n) is 7.13. The molecule has 1 atom stereocenters. The Hall–Kier alpha value is -0.310. The van der Waals surface area contributed by atoms with Gasteiger partial charge in [-0.2, -0.15) is 0 Å². The van der Waals surface area contributed by atoms with Crippen molar-refractivity contribution in [1.82, 2.24) is 0 Å². The van der Waals surface area contributed by atoms with Gasteiger partial charge in [0.05, 0.1) is 0 Å². The fraction of sp³-hybridized carbons (Fsp3) is 0.200. The zero-order valence-corrected chi connectivity index (χ0v) is 9.48. The first kappa shape index (κ1) is 10.8. The van der Waals surface area contributed by atoms with E-state index >= 15 is 0 Å². The topological polar surface area (TPSA) is 26.0 Å². The maximum atomic E-state index is 5.99. The van der Waals surface area contributed by atoms with Crippen molar-refractivity contribution in [1.29, 1.82) is 0 Å². The van der Waals surface area contributed by atoms with E-state index in [-0.39, 0.29) is 6.04 Å². The fourth-order valence-electron chi connectivity index (χ4n) is 1.11. The van der Waals surface area contributed by atoms with Crippen LogP contribution in [-0.4, -0.2) is 0 Å². The van der Waals surface area contributed by atoms with Crippen LogP contribution in [0.15, 0.2) is 35.3 Å². The molecule has 0 fully saturated rings. The van der Waals surface area contributed by atoms with Gasteiger partial charge < -0.3 is 5.73 Å².